The van der Waals surface area contributed by atoms with Gasteiger partial charge in [0.05, 0.1) is 0 Å². The van der Waals surface area contributed by atoms with Crippen molar-refractivity contribution in [2.45, 2.75) is 26.2 Å². The molecule has 1 nitrogen and oxygen atoms in total. The number of hydrogen-bond acceptors (Lipinski definition) is 1. The monoisotopic (exact) mass is 270 g/mol. The van der Waals surface area contributed by atoms with Gasteiger partial charge < -0.3 is 0 Å². The zero-order chi connectivity index (χ0) is 13.6. The normalized spacial score (nSPS) is 17.6. The molecule has 2 aromatic carbocycles. The highest BCUT2D eigenvalue weighted by Crippen LogP contribution is 2.39. The molecule has 0 heterocycles. The number of Topliss-reactive ketones (excluding diaryl/α,β-unsaturated/α-hetero) is 1. The molecule has 96 valence electrons. The Labute approximate surface area is 118 Å². The predicted octanol–water partition coefficient (Wildman–Crippen LogP) is 4.68. The Kier molecular flexibility index (Phi) is 2.94. The standard InChI is InChI=1S/C17H15ClO/c1-10-7-15-14(12-3-5-13(18)6-4-12)9-17(19)16(15)8-11(10)2/h3-8,14H,9H2,1-2H3. The Morgan fingerprint density at radius 3 is 2.37 bits per heavy atom. The van der Waals surface area contributed by atoms with Crippen LogP contribution in [-0.4, -0.2) is 5.78 Å². The van der Waals surface area contributed by atoms with Gasteiger partial charge in [0.15, 0.2) is 5.78 Å². The lowest BCUT2D eigenvalue weighted by atomic mass is 9.91. The lowest BCUT2D eigenvalue weighted by Crippen LogP contribution is -1.97. The summed E-state index contributed by atoms with van der Waals surface area (Å²) in [7, 11) is 0. The van der Waals surface area contributed by atoms with Crippen molar-refractivity contribution in [2.75, 3.05) is 0 Å². The number of aryl methyl sites for hydroxylation is 2. The maximum Gasteiger partial charge on any atom is 0.164 e. The van der Waals surface area contributed by atoms with E-state index in [0.717, 1.165) is 16.1 Å². The van der Waals surface area contributed by atoms with Gasteiger partial charge in [0.2, 0.25) is 0 Å². The van der Waals surface area contributed by atoms with Gasteiger partial charge in [0, 0.05) is 22.9 Å². The lowest BCUT2D eigenvalue weighted by molar-refractivity contribution is 0.0991. The van der Waals surface area contributed by atoms with Crippen molar-refractivity contribution in [1.29, 1.82) is 0 Å². The van der Waals surface area contributed by atoms with E-state index in [0.29, 0.717) is 6.42 Å². The van der Waals surface area contributed by atoms with Crippen molar-refractivity contribution < 1.29 is 4.79 Å². The van der Waals surface area contributed by atoms with Crippen LogP contribution in [0.4, 0.5) is 0 Å². The molecule has 2 heteroatoms. The fourth-order valence-electron chi connectivity index (χ4n) is 2.77. The molecule has 0 aliphatic heterocycles. The topological polar surface area (TPSA) is 17.1 Å². The van der Waals surface area contributed by atoms with E-state index in [-0.39, 0.29) is 11.7 Å². The van der Waals surface area contributed by atoms with E-state index >= 15 is 0 Å². The van der Waals surface area contributed by atoms with Crippen molar-refractivity contribution in [1.82, 2.24) is 0 Å². The van der Waals surface area contributed by atoms with Gasteiger partial charge in [-0.15, -0.1) is 0 Å². The van der Waals surface area contributed by atoms with Gasteiger partial charge in [0.1, 0.15) is 0 Å². The van der Waals surface area contributed by atoms with Crippen LogP contribution in [0, 0.1) is 13.8 Å². The summed E-state index contributed by atoms with van der Waals surface area (Å²) in [5.41, 5.74) is 5.65. The van der Waals surface area contributed by atoms with E-state index in [1.165, 1.54) is 16.7 Å². The van der Waals surface area contributed by atoms with Gasteiger partial charge in [-0.2, -0.15) is 0 Å². The third-order valence-corrected chi connectivity index (χ3v) is 4.26. The molecule has 0 spiro atoms. The first-order valence-electron chi connectivity index (χ1n) is 6.46. The highest BCUT2D eigenvalue weighted by atomic mass is 35.5. The van der Waals surface area contributed by atoms with Crippen molar-refractivity contribution in [3.05, 3.63) is 69.2 Å². The molecule has 0 bridgehead atoms. The van der Waals surface area contributed by atoms with Crippen molar-refractivity contribution in [3.63, 3.8) is 0 Å². The number of ketones is 1. The first-order valence-corrected chi connectivity index (χ1v) is 6.84. The molecule has 0 saturated heterocycles. The van der Waals surface area contributed by atoms with Gasteiger partial charge in [-0.1, -0.05) is 29.8 Å². The minimum absolute atomic E-state index is 0.180. The summed E-state index contributed by atoms with van der Waals surface area (Å²) in [5.74, 6) is 0.428. The Hall–Kier alpha value is -1.60. The molecule has 0 saturated carbocycles. The molecule has 1 aliphatic carbocycles. The van der Waals surface area contributed by atoms with E-state index in [2.05, 4.69) is 19.9 Å². The Bertz CT molecular complexity index is 656. The Morgan fingerprint density at radius 1 is 1.05 bits per heavy atom. The fourth-order valence-corrected chi connectivity index (χ4v) is 2.89. The number of rotatable bonds is 1. The molecule has 0 fully saturated rings. The molecule has 0 N–H and O–H groups in total. The zero-order valence-electron chi connectivity index (χ0n) is 11.0. The lowest BCUT2D eigenvalue weighted by Gasteiger charge is -2.13. The molecular weight excluding hydrogens is 256 g/mol. The number of fused-ring (bicyclic) bond motifs is 1. The van der Waals surface area contributed by atoms with Crippen LogP contribution in [0.2, 0.25) is 5.02 Å². The maximum absolute atomic E-state index is 12.2. The quantitative estimate of drug-likeness (QED) is 0.736. The predicted molar refractivity (Wildman–Crippen MR) is 78.2 cm³/mol. The average molecular weight is 271 g/mol. The van der Waals surface area contributed by atoms with Gasteiger partial charge in [0.25, 0.3) is 0 Å². The van der Waals surface area contributed by atoms with Crippen molar-refractivity contribution in [2.24, 2.45) is 0 Å². The van der Waals surface area contributed by atoms with Crippen LogP contribution in [0.25, 0.3) is 0 Å². The number of carbonyl (C=O) groups is 1. The van der Waals surface area contributed by atoms with E-state index < -0.39 is 0 Å². The van der Waals surface area contributed by atoms with Gasteiger partial charge >= 0.3 is 0 Å². The highest BCUT2D eigenvalue weighted by molar-refractivity contribution is 6.30. The van der Waals surface area contributed by atoms with Crippen molar-refractivity contribution >= 4 is 17.4 Å². The van der Waals surface area contributed by atoms with Gasteiger partial charge in [-0.3, -0.25) is 4.79 Å². The van der Waals surface area contributed by atoms with Crippen LogP contribution in [-0.2, 0) is 0 Å². The molecular formula is C17H15ClO. The van der Waals surface area contributed by atoms with E-state index in [9.17, 15) is 4.79 Å². The second-order valence-corrected chi connectivity index (χ2v) is 5.69. The van der Waals surface area contributed by atoms with Crippen LogP contribution in [0.15, 0.2) is 36.4 Å². The summed E-state index contributed by atoms with van der Waals surface area (Å²) in [6.45, 7) is 4.15. The van der Waals surface area contributed by atoms with Crippen LogP contribution < -0.4 is 0 Å². The first-order chi connectivity index (χ1) is 9.06. The van der Waals surface area contributed by atoms with Crippen LogP contribution in [0.3, 0.4) is 0 Å². The van der Waals surface area contributed by atoms with Gasteiger partial charge in [-0.05, 0) is 54.3 Å². The summed E-state index contributed by atoms with van der Waals surface area (Å²) in [6, 6.07) is 12.0. The number of hydrogen-bond donors (Lipinski definition) is 0. The molecule has 1 unspecified atom stereocenters. The second kappa shape index (κ2) is 4.50. The van der Waals surface area contributed by atoms with Crippen LogP contribution >= 0.6 is 11.6 Å². The number of halogens is 1. The molecule has 3 rings (SSSR count). The largest absolute Gasteiger partial charge is 0.294 e. The summed E-state index contributed by atoms with van der Waals surface area (Å²) in [5, 5.41) is 0.730. The van der Waals surface area contributed by atoms with Crippen molar-refractivity contribution in [3.8, 4) is 0 Å². The highest BCUT2D eigenvalue weighted by Gasteiger charge is 2.30. The summed E-state index contributed by atoms with van der Waals surface area (Å²) in [4.78, 5) is 12.2. The van der Waals surface area contributed by atoms with E-state index in [1.807, 2.05) is 30.3 Å². The van der Waals surface area contributed by atoms with Crippen LogP contribution in [0.5, 0.6) is 0 Å². The minimum Gasteiger partial charge on any atom is -0.294 e. The first kappa shape index (κ1) is 12.4. The molecule has 1 atom stereocenters. The summed E-state index contributed by atoms with van der Waals surface area (Å²) in [6.07, 6.45) is 0.569. The third kappa shape index (κ3) is 2.08. The summed E-state index contributed by atoms with van der Waals surface area (Å²) >= 11 is 5.93. The van der Waals surface area contributed by atoms with E-state index in [4.69, 9.17) is 11.6 Å². The Morgan fingerprint density at radius 2 is 1.68 bits per heavy atom. The number of carbonyl (C=O) groups excluding carboxylic acids is 1. The molecule has 1 aliphatic rings. The molecule has 2 aromatic rings. The molecule has 19 heavy (non-hydrogen) atoms. The third-order valence-electron chi connectivity index (χ3n) is 4.00. The maximum atomic E-state index is 12.2. The SMILES string of the molecule is Cc1cc2c(cc1C)C(c1ccc(Cl)cc1)CC2=O. The second-order valence-electron chi connectivity index (χ2n) is 5.26. The average Bonchev–Trinajstić information content (AvgIpc) is 2.69. The summed E-state index contributed by atoms with van der Waals surface area (Å²) < 4.78 is 0. The zero-order valence-corrected chi connectivity index (χ0v) is 11.8. The van der Waals surface area contributed by atoms with Gasteiger partial charge in [-0.25, -0.2) is 0 Å². The molecule has 0 amide bonds. The number of benzene rings is 2. The van der Waals surface area contributed by atoms with E-state index in [1.54, 1.807) is 0 Å². The fraction of sp³-hybridized carbons (Fsp3) is 0.235. The smallest absolute Gasteiger partial charge is 0.164 e. The Balaban J connectivity index is 2.11. The van der Waals surface area contributed by atoms with Crippen LogP contribution in [0.1, 0.15) is 45.0 Å². The molecule has 0 radical (unpaired) electrons. The molecule has 0 aromatic heterocycles. The minimum atomic E-state index is 0.180.